The van der Waals surface area contributed by atoms with E-state index in [1.807, 2.05) is 6.08 Å². The lowest BCUT2D eigenvalue weighted by Crippen LogP contribution is -2.45. The molecule has 0 fully saturated rings. The maximum Gasteiger partial charge on any atom is 0.472 e. The molecule has 0 aliphatic rings. The molecule has 0 saturated carbocycles. The number of hydrogen-bond donors (Lipinski definition) is 4. The summed E-state index contributed by atoms with van der Waals surface area (Å²) in [4.78, 5) is 22.5. The lowest BCUT2D eigenvalue weighted by atomic mass is 10.0. The molecule has 44 heavy (non-hydrogen) atoms. The van der Waals surface area contributed by atoms with Crippen LogP contribution in [0.2, 0.25) is 0 Å². The van der Waals surface area contributed by atoms with Crippen molar-refractivity contribution in [2.45, 2.75) is 187 Å². The normalized spacial score (nSPS) is 14.6. The largest absolute Gasteiger partial charge is 0.472 e. The van der Waals surface area contributed by atoms with Crippen LogP contribution < -0.4 is 11.1 Å². The molecule has 5 N–H and O–H groups in total. The summed E-state index contributed by atoms with van der Waals surface area (Å²) in [7, 11) is -4.32. The Bertz CT molecular complexity index is 709. The highest BCUT2D eigenvalue weighted by molar-refractivity contribution is 7.47. The first-order valence-electron chi connectivity index (χ1n) is 18.3. The van der Waals surface area contributed by atoms with Crippen molar-refractivity contribution in [1.29, 1.82) is 0 Å². The van der Waals surface area contributed by atoms with Gasteiger partial charge in [-0.15, -0.1) is 0 Å². The second-order valence-corrected chi connectivity index (χ2v) is 13.9. The third kappa shape index (κ3) is 29.9. The van der Waals surface area contributed by atoms with Crippen molar-refractivity contribution in [2.75, 3.05) is 19.8 Å². The zero-order chi connectivity index (χ0) is 32.6. The number of phosphoric ester groups is 1. The lowest BCUT2D eigenvalue weighted by molar-refractivity contribution is -0.123. The summed E-state index contributed by atoms with van der Waals surface area (Å²) < 4.78 is 22.0. The Labute approximate surface area is 271 Å². The number of allylic oxidation sites excluding steroid dienone is 1. The smallest absolute Gasteiger partial charge is 0.387 e. The molecule has 262 valence electrons. The predicted molar refractivity (Wildman–Crippen MR) is 185 cm³/mol. The summed E-state index contributed by atoms with van der Waals surface area (Å²) in [6.45, 7) is 4.11. The van der Waals surface area contributed by atoms with Crippen molar-refractivity contribution < 1.29 is 28.4 Å². The third-order valence-corrected chi connectivity index (χ3v) is 9.10. The molecule has 0 rings (SSSR count). The number of amides is 1. The van der Waals surface area contributed by atoms with Crippen molar-refractivity contribution in [3.8, 4) is 0 Å². The van der Waals surface area contributed by atoms with Crippen molar-refractivity contribution >= 4 is 13.7 Å². The van der Waals surface area contributed by atoms with Gasteiger partial charge in [-0.1, -0.05) is 161 Å². The van der Waals surface area contributed by atoms with Gasteiger partial charge in [-0.25, -0.2) is 4.57 Å². The standard InChI is InChI=1S/C35H71N2O6P/c1-3-5-7-9-11-13-15-16-17-18-19-21-23-25-27-29-35(39)37-33(32-43-44(40,41)42-31-30-36)34(38)28-26-24-22-20-14-12-10-8-6-4-2/h26,28,33-34,38H,3-25,27,29-32,36H2,1-2H3,(H,37,39)(H,40,41)/b28-26+/t33-,34+/m0/s1. The second-order valence-electron chi connectivity index (χ2n) is 12.4. The van der Waals surface area contributed by atoms with Crippen molar-refractivity contribution in [1.82, 2.24) is 5.32 Å². The molecule has 0 saturated heterocycles. The molecule has 0 radical (unpaired) electrons. The minimum Gasteiger partial charge on any atom is -0.387 e. The minimum absolute atomic E-state index is 0.0808. The molecule has 0 aliphatic heterocycles. The highest BCUT2D eigenvalue weighted by Gasteiger charge is 2.26. The maximum absolute atomic E-state index is 12.6. The molecule has 0 bridgehead atoms. The van der Waals surface area contributed by atoms with E-state index in [1.54, 1.807) is 6.08 Å². The monoisotopic (exact) mass is 647 g/mol. The average molecular weight is 647 g/mol. The fourth-order valence-corrected chi connectivity index (χ4v) is 6.07. The molecular weight excluding hydrogens is 575 g/mol. The molecule has 1 amide bonds. The zero-order valence-electron chi connectivity index (χ0n) is 28.7. The summed E-state index contributed by atoms with van der Waals surface area (Å²) in [6, 6.07) is -0.851. The molecule has 0 heterocycles. The van der Waals surface area contributed by atoms with E-state index in [0.29, 0.717) is 6.42 Å². The Balaban J connectivity index is 4.27. The summed E-state index contributed by atoms with van der Waals surface area (Å²) in [5, 5.41) is 13.5. The molecule has 8 nitrogen and oxygen atoms in total. The molecule has 9 heteroatoms. The summed E-state index contributed by atoms with van der Waals surface area (Å²) in [6.07, 6.45) is 32.5. The van der Waals surface area contributed by atoms with Crippen molar-refractivity contribution in [3.63, 3.8) is 0 Å². The van der Waals surface area contributed by atoms with Crippen LogP contribution in [0.4, 0.5) is 0 Å². The van der Waals surface area contributed by atoms with Gasteiger partial charge in [-0.05, 0) is 19.3 Å². The highest BCUT2D eigenvalue weighted by atomic mass is 31.2. The number of phosphoric acid groups is 1. The number of aliphatic hydroxyl groups is 1. The van der Waals surface area contributed by atoms with Crippen LogP contribution in [0.15, 0.2) is 12.2 Å². The van der Waals surface area contributed by atoms with Gasteiger partial charge in [0.25, 0.3) is 0 Å². The number of carbonyl (C=O) groups is 1. The van der Waals surface area contributed by atoms with Crippen molar-refractivity contribution in [3.05, 3.63) is 12.2 Å². The zero-order valence-corrected chi connectivity index (χ0v) is 29.6. The summed E-state index contributed by atoms with van der Waals surface area (Å²) in [5.74, 6) is -0.195. The van der Waals surface area contributed by atoms with Crippen LogP contribution >= 0.6 is 7.82 Å². The van der Waals surface area contributed by atoms with E-state index >= 15 is 0 Å². The molecular formula is C35H71N2O6P. The quantitative estimate of drug-likeness (QED) is 0.0311. The predicted octanol–water partition coefficient (Wildman–Crippen LogP) is 9.27. The average Bonchev–Trinajstić information content (AvgIpc) is 3.01. The Kier molecular flexibility index (Phi) is 31.6. The maximum atomic E-state index is 12.6. The number of unbranched alkanes of at least 4 members (excludes halogenated alkanes) is 22. The van der Waals surface area contributed by atoms with Crippen LogP contribution in [0.5, 0.6) is 0 Å². The Morgan fingerprint density at radius 3 is 1.61 bits per heavy atom. The highest BCUT2D eigenvalue weighted by Crippen LogP contribution is 2.43. The van der Waals surface area contributed by atoms with Gasteiger partial charge in [-0.2, -0.15) is 0 Å². The topological polar surface area (TPSA) is 131 Å². The van der Waals surface area contributed by atoms with Crippen LogP contribution in [0.1, 0.15) is 174 Å². The molecule has 3 atom stereocenters. The van der Waals surface area contributed by atoms with Gasteiger partial charge in [0.05, 0.1) is 25.4 Å². The molecule has 1 unspecified atom stereocenters. The summed E-state index contributed by atoms with van der Waals surface area (Å²) >= 11 is 0. The van der Waals surface area contributed by atoms with Crippen LogP contribution in [0.25, 0.3) is 0 Å². The number of nitrogens with two attached hydrogens (primary N) is 1. The second kappa shape index (κ2) is 32.2. The van der Waals surface area contributed by atoms with E-state index in [1.165, 1.54) is 116 Å². The third-order valence-electron chi connectivity index (χ3n) is 8.11. The van der Waals surface area contributed by atoms with Crippen LogP contribution in [-0.4, -0.2) is 47.8 Å². The molecule has 0 aliphatic carbocycles. The first-order valence-corrected chi connectivity index (χ1v) is 19.8. The van der Waals surface area contributed by atoms with Gasteiger partial charge >= 0.3 is 7.82 Å². The Morgan fingerprint density at radius 1 is 0.727 bits per heavy atom. The van der Waals surface area contributed by atoms with Crippen LogP contribution in [-0.2, 0) is 18.4 Å². The Morgan fingerprint density at radius 2 is 1.16 bits per heavy atom. The van der Waals surface area contributed by atoms with Gasteiger partial charge < -0.3 is 21.1 Å². The number of hydrogen-bond acceptors (Lipinski definition) is 6. The van der Waals surface area contributed by atoms with Gasteiger partial charge in [0.2, 0.25) is 5.91 Å². The van der Waals surface area contributed by atoms with E-state index in [2.05, 4.69) is 19.2 Å². The van der Waals surface area contributed by atoms with Gasteiger partial charge in [0, 0.05) is 13.0 Å². The van der Waals surface area contributed by atoms with Crippen LogP contribution in [0.3, 0.4) is 0 Å². The number of aliphatic hydroxyl groups excluding tert-OH is 1. The molecule has 0 spiro atoms. The molecule has 0 aromatic heterocycles. The molecule has 0 aromatic rings. The van der Waals surface area contributed by atoms with E-state index in [4.69, 9.17) is 14.8 Å². The minimum atomic E-state index is -4.32. The first kappa shape index (κ1) is 43.2. The fourth-order valence-electron chi connectivity index (χ4n) is 5.31. The van der Waals surface area contributed by atoms with E-state index < -0.39 is 20.0 Å². The lowest BCUT2D eigenvalue weighted by Gasteiger charge is -2.23. The van der Waals surface area contributed by atoms with E-state index in [-0.39, 0.29) is 25.7 Å². The van der Waals surface area contributed by atoms with Gasteiger partial charge in [0.15, 0.2) is 0 Å². The summed E-state index contributed by atoms with van der Waals surface area (Å²) in [5.41, 5.74) is 5.34. The van der Waals surface area contributed by atoms with Crippen molar-refractivity contribution in [2.24, 2.45) is 5.73 Å². The van der Waals surface area contributed by atoms with Crippen LogP contribution in [0, 0.1) is 0 Å². The van der Waals surface area contributed by atoms with E-state index in [9.17, 15) is 19.4 Å². The fraction of sp³-hybridized carbons (Fsp3) is 0.914. The van der Waals surface area contributed by atoms with Gasteiger partial charge in [-0.3, -0.25) is 13.8 Å². The number of rotatable bonds is 34. The SMILES string of the molecule is CCCCCCCCCC/C=C/[C@@H](O)[C@H](COP(=O)(O)OCCN)NC(=O)CCCCCCCCCCCCCCCCC. The molecule has 0 aromatic carbocycles. The Hall–Kier alpha value is -0.760. The van der Waals surface area contributed by atoms with E-state index in [0.717, 1.165) is 38.5 Å². The van der Waals surface area contributed by atoms with Gasteiger partial charge in [0.1, 0.15) is 0 Å². The first-order chi connectivity index (χ1) is 21.4. The number of carbonyl (C=O) groups excluding carboxylic acids is 1. The number of nitrogens with one attached hydrogen (secondary N) is 1.